The molecule has 0 unspecified atom stereocenters. The maximum atomic E-state index is 11.1. The molecule has 0 bridgehead atoms. The van der Waals surface area contributed by atoms with Gasteiger partial charge >= 0.3 is 5.97 Å². The Morgan fingerprint density at radius 1 is 1.48 bits per heavy atom. The average Bonchev–Trinajstić information content (AvgIpc) is 3.04. The zero-order chi connectivity index (χ0) is 15.4. The molecule has 0 spiro atoms. The summed E-state index contributed by atoms with van der Waals surface area (Å²) in [5.74, 6) is 0.435. The van der Waals surface area contributed by atoms with Crippen molar-refractivity contribution in [3.05, 3.63) is 11.8 Å². The van der Waals surface area contributed by atoms with Crippen LogP contribution in [0.1, 0.15) is 32.0 Å². The van der Waals surface area contributed by atoms with Crippen molar-refractivity contribution in [3.63, 3.8) is 0 Å². The number of hydrogen-bond acceptors (Lipinski definition) is 7. The minimum atomic E-state index is -0.208. The van der Waals surface area contributed by atoms with Crippen LogP contribution in [0.3, 0.4) is 0 Å². The molecular formula is C13H18N4O2S2. The van der Waals surface area contributed by atoms with Gasteiger partial charge in [0.05, 0.1) is 24.9 Å². The van der Waals surface area contributed by atoms with Crippen LogP contribution >= 0.6 is 23.1 Å². The molecule has 0 N–H and O–H groups in total. The van der Waals surface area contributed by atoms with Gasteiger partial charge in [0.2, 0.25) is 0 Å². The molecule has 0 radical (unpaired) electrons. The van der Waals surface area contributed by atoms with Crippen LogP contribution in [-0.4, -0.2) is 38.8 Å². The van der Waals surface area contributed by atoms with Gasteiger partial charge in [-0.3, -0.25) is 9.48 Å². The molecule has 2 rings (SSSR count). The number of aryl methyl sites for hydroxylation is 1. The smallest absolute Gasteiger partial charge is 0.306 e. The molecule has 0 aromatic carbocycles. The van der Waals surface area contributed by atoms with E-state index in [0.29, 0.717) is 12.2 Å². The van der Waals surface area contributed by atoms with Crippen LogP contribution in [0.2, 0.25) is 0 Å². The number of hydrogen-bond donors (Lipinski definition) is 0. The topological polar surface area (TPSA) is 69.9 Å². The Balaban J connectivity index is 2.08. The van der Waals surface area contributed by atoms with Gasteiger partial charge in [0, 0.05) is 11.8 Å². The Bertz CT molecular complexity index is 621. The highest BCUT2D eigenvalue weighted by atomic mass is 32.2. The van der Waals surface area contributed by atoms with E-state index >= 15 is 0 Å². The third-order valence-corrected chi connectivity index (χ3v) is 4.81. The van der Waals surface area contributed by atoms with E-state index in [2.05, 4.69) is 33.9 Å². The lowest BCUT2D eigenvalue weighted by Crippen LogP contribution is -2.04. The van der Waals surface area contributed by atoms with Crippen molar-refractivity contribution < 1.29 is 9.53 Å². The van der Waals surface area contributed by atoms with Crippen LogP contribution in [0.4, 0.5) is 0 Å². The molecule has 114 valence electrons. The first kappa shape index (κ1) is 16.0. The summed E-state index contributed by atoms with van der Waals surface area (Å²) in [5.41, 5.74) is 1.95. The monoisotopic (exact) mass is 326 g/mol. The lowest BCUT2D eigenvalue weighted by Gasteiger charge is -2.08. The van der Waals surface area contributed by atoms with Gasteiger partial charge < -0.3 is 4.74 Å². The van der Waals surface area contributed by atoms with E-state index in [1.165, 1.54) is 30.2 Å². The fraction of sp³-hybridized carbons (Fsp3) is 0.538. The van der Waals surface area contributed by atoms with Crippen molar-refractivity contribution >= 4 is 29.1 Å². The number of nitrogens with zero attached hydrogens (tertiary/aromatic N) is 4. The Labute approximate surface area is 131 Å². The van der Waals surface area contributed by atoms with Crippen molar-refractivity contribution in [2.45, 2.75) is 37.6 Å². The number of aromatic nitrogens is 4. The third kappa shape index (κ3) is 4.04. The second-order valence-electron chi connectivity index (χ2n) is 4.76. The summed E-state index contributed by atoms with van der Waals surface area (Å²) in [4.78, 5) is 11.1. The summed E-state index contributed by atoms with van der Waals surface area (Å²) in [5, 5.41) is 13.7. The largest absolute Gasteiger partial charge is 0.469 e. The van der Waals surface area contributed by atoms with Crippen LogP contribution in [0.25, 0.3) is 10.7 Å². The molecule has 0 saturated heterocycles. The predicted octanol–water partition coefficient (Wildman–Crippen LogP) is 2.95. The summed E-state index contributed by atoms with van der Waals surface area (Å²) < 4.78 is 7.42. The van der Waals surface area contributed by atoms with Crippen LogP contribution in [0.5, 0.6) is 0 Å². The molecule has 6 nitrogen and oxygen atoms in total. The van der Waals surface area contributed by atoms with E-state index in [9.17, 15) is 4.79 Å². The zero-order valence-corrected chi connectivity index (χ0v) is 14.1. The molecule has 0 fully saturated rings. The SMILES string of the molecule is COC(=O)CCSc1nnc(-c2cc(C)nn2C(C)C)s1. The van der Waals surface area contributed by atoms with Crippen LogP contribution < -0.4 is 0 Å². The van der Waals surface area contributed by atoms with Gasteiger partial charge in [-0.2, -0.15) is 5.10 Å². The second-order valence-corrected chi connectivity index (χ2v) is 7.08. The van der Waals surface area contributed by atoms with Crippen molar-refractivity contribution in [3.8, 4) is 10.7 Å². The number of esters is 1. The number of carbonyl (C=O) groups is 1. The van der Waals surface area contributed by atoms with Crippen molar-refractivity contribution in [2.24, 2.45) is 0 Å². The number of methoxy groups -OCH3 is 1. The maximum absolute atomic E-state index is 11.1. The van der Waals surface area contributed by atoms with E-state index in [0.717, 1.165) is 20.7 Å². The normalized spacial score (nSPS) is 11.1. The molecule has 0 amide bonds. The van der Waals surface area contributed by atoms with E-state index < -0.39 is 0 Å². The molecule has 0 saturated carbocycles. The summed E-state index contributed by atoms with van der Waals surface area (Å²) in [6.07, 6.45) is 0.374. The fourth-order valence-electron chi connectivity index (χ4n) is 1.77. The molecule has 0 aliphatic rings. The molecule has 21 heavy (non-hydrogen) atoms. The molecule has 2 aromatic heterocycles. The van der Waals surface area contributed by atoms with Gasteiger partial charge in [-0.25, -0.2) is 0 Å². The van der Waals surface area contributed by atoms with E-state index in [1.54, 1.807) is 0 Å². The van der Waals surface area contributed by atoms with E-state index in [1.807, 2.05) is 17.7 Å². The molecule has 2 heterocycles. The molecule has 0 aliphatic carbocycles. The first-order valence-corrected chi connectivity index (χ1v) is 8.41. The van der Waals surface area contributed by atoms with Gasteiger partial charge in [-0.1, -0.05) is 23.1 Å². The van der Waals surface area contributed by atoms with E-state index in [-0.39, 0.29) is 12.0 Å². The number of thioether (sulfide) groups is 1. The van der Waals surface area contributed by atoms with Crippen LogP contribution in [0.15, 0.2) is 10.4 Å². The Kier molecular flexibility index (Phi) is 5.35. The highest BCUT2D eigenvalue weighted by molar-refractivity contribution is 8.01. The third-order valence-electron chi connectivity index (χ3n) is 2.73. The summed E-state index contributed by atoms with van der Waals surface area (Å²) in [7, 11) is 1.39. The van der Waals surface area contributed by atoms with Crippen molar-refractivity contribution in [2.75, 3.05) is 12.9 Å². The first-order valence-electron chi connectivity index (χ1n) is 6.61. The average molecular weight is 326 g/mol. The second kappa shape index (κ2) is 7.04. The van der Waals surface area contributed by atoms with Gasteiger partial charge in [-0.05, 0) is 26.8 Å². The van der Waals surface area contributed by atoms with Crippen LogP contribution in [0, 0.1) is 6.92 Å². The minimum absolute atomic E-state index is 0.208. The zero-order valence-electron chi connectivity index (χ0n) is 12.5. The lowest BCUT2D eigenvalue weighted by atomic mass is 10.3. The minimum Gasteiger partial charge on any atom is -0.469 e. The Hall–Kier alpha value is -1.41. The van der Waals surface area contributed by atoms with Crippen molar-refractivity contribution in [1.29, 1.82) is 0 Å². The molecular weight excluding hydrogens is 308 g/mol. The first-order chi connectivity index (χ1) is 10.0. The Morgan fingerprint density at radius 2 is 2.24 bits per heavy atom. The Morgan fingerprint density at radius 3 is 2.90 bits per heavy atom. The van der Waals surface area contributed by atoms with Gasteiger partial charge in [0.15, 0.2) is 9.35 Å². The number of carbonyl (C=O) groups excluding carboxylic acids is 1. The summed E-state index contributed by atoms with van der Waals surface area (Å²) in [6, 6.07) is 2.29. The lowest BCUT2D eigenvalue weighted by molar-refractivity contribution is -0.140. The molecule has 2 aromatic rings. The highest BCUT2D eigenvalue weighted by Gasteiger charge is 2.15. The quantitative estimate of drug-likeness (QED) is 0.600. The van der Waals surface area contributed by atoms with Crippen LogP contribution in [-0.2, 0) is 9.53 Å². The predicted molar refractivity (Wildman–Crippen MR) is 83.6 cm³/mol. The summed E-state index contributed by atoms with van der Waals surface area (Å²) in [6.45, 7) is 6.14. The van der Waals surface area contributed by atoms with Crippen molar-refractivity contribution in [1.82, 2.24) is 20.0 Å². The molecule has 8 heteroatoms. The van der Waals surface area contributed by atoms with Gasteiger partial charge in [0.25, 0.3) is 0 Å². The van der Waals surface area contributed by atoms with E-state index in [4.69, 9.17) is 0 Å². The molecule has 0 aliphatic heterocycles. The van der Waals surface area contributed by atoms with Gasteiger partial charge in [0.1, 0.15) is 0 Å². The number of ether oxygens (including phenoxy) is 1. The maximum Gasteiger partial charge on any atom is 0.306 e. The standard InChI is InChI=1S/C13H18N4O2S2/c1-8(2)17-10(7-9(3)16-17)12-14-15-13(21-12)20-6-5-11(18)19-4/h7-8H,5-6H2,1-4H3. The number of rotatable bonds is 6. The molecule has 0 atom stereocenters. The van der Waals surface area contributed by atoms with Gasteiger partial charge in [-0.15, -0.1) is 10.2 Å². The highest BCUT2D eigenvalue weighted by Crippen LogP contribution is 2.31. The fourth-order valence-corrected chi connectivity index (χ4v) is 3.62. The summed E-state index contributed by atoms with van der Waals surface area (Å²) >= 11 is 3.03.